The van der Waals surface area contributed by atoms with Crippen LogP contribution in [0.1, 0.15) is 181 Å². The highest BCUT2D eigenvalue weighted by Crippen LogP contribution is 2.38. The normalized spacial score (nSPS) is 14.2. The maximum atomic E-state index is 12.7. The number of hydrogen-bond acceptors (Lipinski definition) is 8. The Hall–Kier alpha value is -2.55. The van der Waals surface area contributed by atoms with Gasteiger partial charge in [-0.25, -0.2) is 0 Å². The van der Waals surface area contributed by atoms with Crippen molar-refractivity contribution in [1.29, 1.82) is 0 Å². The molecule has 0 radical (unpaired) electrons. The van der Waals surface area contributed by atoms with Gasteiger partial charge < -0.3 is 27.9 Å². The Morgan fingerprint density at radius 2 is 0.950 bits per heavy atom. The summed E-state index contributed by atoms with van der Waals surface area (Å²) in [4.78, 5) is 37.6. The first-order valence-corrected chi connectivity index (χ1v) is 25.1. The number of likely N-dealkylation sites (N-methyl/N-ethyl adjacent to an activating group) is 1. The highest BCUT2D eigenvalue weighted by Gasteiger charge is 2.21. The molecule has 0 spiro atoms. The smallest absolute Gasteiger partial charge is 0.306 e. The summed E-state index contributed by atoms with van der Waals surface area (Å²) in [6.45, 7) is 4.06. The van der Waals surface area contributed by atoms with E-state index in [1.807, 2.05) is 21.1 Å². The number of ether oxygens (including phenoxy) is 2. The van der Waals surface area contributed by atoms with Crippen molar-refractivity contribution in [2.75, 3.05) is 47.5 Å². The monoisotopic (exact) mass is 862 g/mol. The second kappa shape index (κ2) is 41.8. The molecule has 2 unspecified atom stereocenters. The Balaban J connectivity index is 4.37. The average Bonchev–Trinajstić information content (AvgIpc) is 3.20. The average molecular weight is 862 g/mol. The highest BCUT2D eigenvalue weighted by molar-refractivity contribution is 7.45. The largest absolute Gasteiger partial charge is 0.756 e. The predicted molar refractivity (Wildman–Crippen MR) is 249 cm³/mol. The van der Waals surface area contributed by atoms with Gasteiger partial charge in [-0.15, -0.1) is 0 Å². The van der Waals surface area contributed by atoms with Gasteiger partial charge in [-0.1, -0.05) is 157 Å². The molecular weight excluding hydrogens is 774 g/mol. The van der Waals surface area contributed by atoms with Crippen LogP contribution in [0.2, 0.25) is 0 Å². The van der Waals surface area contributed by atoms with E-state index in [0.717, 1.165) is 103 Å². The summed E-state index contributed by atoms with van der Waals surface area (Å²) in [5.41, 5.74) is 0. The molecule has 0 heterocycles. The standard InChI is InChI=1S/C50H88NO8P/c1-6-8-10-12-14-16-18-20-22-23-24-25-26-27-29-31-33-35-37-39-41-43-50(53)59-48(47-58-60(54,55)57-45-44-51(3,4)5)46-56-49(52)42-40-38-36-34-32-30-28-21-19-17-15-13-11-9-7-2/h9,11,15,17-18,20-21,23-24,26-28,48H,6-8,10,12-14,16,19,22,25,29-47H2,1-5H3/b11-9-,17-15-,20-18-,24-23-,27-26-,28-21-. The Morgan fingerprint density at radius 3 is 1.42 bits per heavy atom. The van der Waals surface area contributed by atoms with Crippen LogP contribution < -0.4 is 4.89 Å². The van der Waals surface area contributed by atoms with Gasteiger partial charge in [0.2, 0.25) is 0 Å². The van der Waals surface area contributed by atoms with Gasteiger partial charge in [-0.3, -0.25) is 14.2 Å². The molecule has 60 heavy (non-hydrogen) atoms. The molecule has 0 N–H and O–H groups in total. The Bertz CT molecular complexity index is 1250. The lowest BCUT2D eigenvalue weighted by Crippen LogP contribution is -2.37. The third kappa shape index (κ3) is 45.0. The summed E-state index contributed by atoms with van der Waals surface area (Å²) in [6, 6.07) is 0. The van der Waals surface area contributed by atoms with Gasteiger partial charge in [0.15, 0.2) is 6.10 Å². The van der Waals surface area contributed by atoms with Crippen LogP contribution in [0.15, 0.2) is 72.9 Å². The maximum absolute atomic E-state index is 12.7. The fraction of sp³-hybridized carbons (Fsp3) is 0.720. The number of carbonyl (C=O) groups excluding carboxylic acids is 2. The third-order valence-corrected chi connectivity index (χ3v) is 10.7. The van der Waals surface area contributed by atoms with E-state index in [2.05, 4.69) is 86.8 Å². The van der Waals surface area contributed by atoms with Crippen LogP contribution in [0.25, 0.3) is 0 Å². The van der Waals surface area contributed by atoms with Crippen LogP contribution in [0.5, 0.6) is 0 Å². The number of phosphoric acid groups is 1. The Morgan fingerprint density at radius 1 is 0.533 bits per heavy atom. The van der Waals surface area contributed by atoms with Gasteiger partial charge in [0.25, 0.3) is 7.82 Å². The molecule has 0 fully saturated rings. The molecule has 0 aromatic rings. The zero-order valence-corrected chi connectivity index (χ0v) is 39.8. The second-order valence-corrected chi connectivity index (χ2v) is 18.1. The van der Waals surface area contributed by atoms with E-state index in [9.17, 15) is 19.0 Å². The first-order valence-electron chi connectivity index (χ1n) is 23.6. The fourth-order valence-electron chi connectivity index (χ4n) is 6.03. The minimum Gasteiger partial charge on any atom is -0.756 e. The summed E-state index contributed by atoms with van der Waals surface area (Å²) in [7, 11) is 1.13. The molecule has 0 aromatic heterocycles. The number of esters is 2. The molecule has 0 amide bonds. The van der Waals surface area contributed by atoms with Crippen LogP contribution in [0.3, 0.4) is 0 Å². The molecule has 0 bridgehead atoms. The number of unbranched alkanes of at least 4 members (excludes halogenated alkanes) is 16. The number of carbonyl (C=O) groups is 2. The van der Waals surface area contributed by atoms with Crippen LogP contribution >= 0.6 is 7.82 Å². The molecule has 0 saturated carbocycles. The van der Waals surface area contributed by atoms with Crippen molar-refractivity contribution in [3.8, 4) is 0 Å². The first-order chi connectivity index (χ1) is 29.0. The van der Waals surface area contributed by atoms with E-state index in [4.69, 9.17) is 18.5 Å². The Labute approximate surface area is 368 Å². The molecule has 0 aliphatic rings. The topological polar surface area (TPSA) is 111 Å². The second-order valence-electron chi connectivity index (χ2n) is 16.7. The van der Waals surface area contributed by atoms with Gasteiger partial charge in [-0.05, 0) is 83.5 Å². The van der Waals surface area contributed by atoms with Crippen LogP contribution in [0, 0.1) is 0 Å². The fourth-order valence-corrected chi connectivity index (χ4v) is 6.76. The van der Waals surface area contributed by atoms with Gasteiger partial charge in [0.1, 0.15) is 19.8 Å². The minimum atomic E-state index is -4.64. The van der Waals surface area contributed by atoms with Crippen molar-refractivity contribution < 1.29 is 42.1 Å². The van der Waals surface area contributed by atoms with E-state index in [1.165, 1.54) is 38.5 Å². The Kier molecular flexibility index (Phi) is 40.0. The lowest BCUT2D eigenvalue weighted by molar-refractivity contribution is -0.870. The van der Waals surface area contributed by atoms with Crippen LogP contribution in [0.4, 0.5) is 0 Å². The summed E-state index contributed by atoms with van der Waals surface area (Å²) >= 11 is 0. The number of allylic oxidation sites excluding steroid dienone is 12. The van der Waals surface area contributed by atoms with Crippen LogP contribution in [-0.4, -0.2) is 70.0 Å². The molecule has 0 aliphatic heterocycles. The lowest BCUT2D eigenvalue weighted by atomic mass is 10.1. The van der Waals surface area contributed by atoms with Gasteiger partial charge in [0.05, 0.1) is 27.7 Å². The molecule has 0 aromatic carbocycles. The van der Waals surface area contributed by atoms with Gasteiger partial charge >= 0.3 is 11.9 Å². The molecule has 346 valence electrons. The molecule has 10 heteroatoms. The van der Waals surface area contributed by atoms with Crippen molar-refractivity contribution >= 4 is 19.8 Å². The van der Waals surface area contributed by atoms with Crippen molar-refractivity contribution in [2.45, 2.75) is 187 Å². The molecule has 0 saturated heterocycles. The number of phosphoric ester groups is 1. The highest BCUT2D eigenvalue weighted by atomic mass is 31.2. The first kappa shape index (κ1) is 57.4. The van der Waals surface area contributed by atoms with E-state index >= 15 is 0 Å². The summed E-state index contributed by atoms with van der Waals surface area (Å²) in [5, 5.41) is 0. The molecule has 2 atom stereocenters. The number of quaternary nitrogens is 1. The lowest BCUT2D eigenvalue weighted by Gasteiger charge is -2.28. The minimum absolute atomic E-state index is 0.0403. The summed E-state index contributed by atoms with van der Waals surface area (Å²) in [5.74, 6) is -0.874. The molecule has 0 aliphatic carbocycles. The number of hydrogen-bond donors (Lipinski definition) is 0. The van der Waals surface area contributed by atoms with Gasteiger partial charge in [-0.2, -0.15) is 0 Å². The quantitative estimate of drug-likeness (QED) is 0.0196. The van der Waals surface area contributed by atoms with Crippen molar-refractivity contribution in [3.05, 3.63) is 72.9 Å². The van der Waals surface area contributed by atoms with Gasteiger partial charge in [0, 0.05) is 12.8 Å². The zero-order chi connectivity index (χ0) is 44.3. The SMILES string of the molecule is CC/C=C\C/C=C\C/C=C\CCCCCCCC(=O)OCC(COP(=O)([O-])OCC[N+](C)(C)C)OC(=O)CCCCCCCC/C=C\C/C=C\C/C=C\CCCCCCC. The third-order valence-electron chi connectivity index (χ3n) is 9.71. The van der Waals surface area contributed by atoms with E-state index < -0.39 is 32.5 Å². The van der Waals surface area contributed by atoms with E-state index in [-0.39, 0.29) is 26.1 Å². The molecular formula is C50H88NO8P. The zero-order valence-electron chi connectivity index (χ0n) is 38.9. The number of rotatable bonds is 42. The number of nitrogens with zero attached hydrogens (tertiary/aromatic N) is 1. The maximum Gasteiger partial charge on any atom is 0.306 e. The summed E-state index contributed by atoms with van der Waals surface area (Å²) in [6.07, 6.45) is 52.1. The van der Waals surface area contributed by atoms with Crippen molar-refractivity contribution in [3.63, 3.8) is 0 Å². The van der Waals surface area contributed by atoms with E-state index in [1.54, 1.807) is 0 Å². The molecule has 9 nitrogen and oxygen atoms in total. The predicted octanol–water partition coefficient (Wildman–Crippen LogP) is 13.2. The van der Waals surface area contributed by atoms with Crippen molar-refractivity contribution in [1.82, 2.24) is 0 Å². The molecule has 0 rings (SSSR count). The summed E-state index contributed by atoms with van der Waals surface area (Å²) < 4.78 is 33.9. The van der Waals surface area contributed by atoms with E-state index in [0.29, 0.717) is 23.9 Å². The van der Waals surface area contributed by atoms with Crippen molar-refractivity contribution in [2.24, 2.45) is 0 Å². The van der Waals surface area contributed by atoms with Crippen LogP contribution in [-0.2, 0) is 32.7 Å².